The highest BCUT2D eigenvalue weighted by Crippen LogP contribution is 2.30. The van der Waals surface area contributed by atoms with E-state index in [0.29, 0.717) is 27.2 Å². The third kappa shape index (κ3) is 4.07. The summed E-state index contributed by atoms with van der Waals surface area (Å²) in [5, 5.41) is 6.62. The zero-order valence-corrected chi connectivity index (χ0v) is 14.8. The van der Waals surface area contributed by atoms with Gasteiger partial charge in [-0.1, -0.05) is 47.5 Å². The number of rotatable bonds is 4. The summed E-state index contributed by atoms with van der Waals surface area (Å²) in [7, 11) is 0. The Morgan fingerprint density at radius 1 is 0.960 bits per heavy atom. The van der Waals surface area contributed by atoms with Crippen molar-refractivity contribution < 1.29 is 4.79 Å². The van der Waals surface area contributed by atoms with E-state index in [0.717, 1.165) is 11.3 Å². The summed E-state index contributed by atoms with van der Waals surface area (Å²) < 4.78 is 0. The number of benzene rings is 2. The van der Waals surface area contributed by atoms with E-state index in [-0.39, 0.29) is 5.91 Å². The zero-order valence-electron chi connectivity index (χ0n) is 13.3. The fraction of sp³-hybridized carbons (Fsp3) is 0.0556. The predicted molar refractivity (Wildman–Crippen MR) is 101 cm³/mol. The summed E-state index contributed by atoms with van der Waals surface area (Å²) in [6.45, 7) is 1.92. The normalized spacial score (nSPS) is 10.4. The predicted octanol–water partition coefficient (Wildman–Crippen LogP) is 5.09. The minimum atomic E-state index is -0.276. The Balaban J connectivity index is 1.73. The molecule has 7 heteroatoms. The number of hydrogen-bond donors (Lipinski definition) is 2. The first-order chi connectivity index (χ1) is 12.0. The van der Waals surface area contributed by atoms with Crippen LogP contribution in [0.3, 0.4) is 0 Å². The number of halogens is 2. The minimum Gasteiger partial charge on any atom is -0.323 e. The summed E-state index contributed by atoms with van der Waals surface area (Å²) in [5.74, 6) is 0.0400. The molecule has 0 aliphatic heterocycles. The molecule has 0 saturated carbocycles. The lowest BCUT2D eigenvalue weighted by Crippen LogP contribution is -2.13. The molecule has 3 rings (SSSR count). The molecule has 0 aliphatic rings. The Bertz CT molecular complexity index is 913. The Labute approximate surface area is 155 Å². The molecule has 0 radical (unpaired) electrons. The molecule has 2 aromatic carbocycles. The number of amides is 1. The second kappa shape index (κ2) is 7.51. The van der Waals surface area contributed by atoms with Crippen LogP contribution in [0.2, 0.25) is 10.0 Å². The largest absolute Gasteiger partial charge is 0.323 e. The van der Waals surface area contributed by atoms with Crippen molar-refractivity contribution in [2.75, 3.05) is 10.6 Å². The van der Waals surface area contributed by atoms with Gasteiger partial charge in [-0.2, -0.15) is 0 Å². The van der Waals surface area contributed by atoms with Crippen LogP contribution in [0.5, 0.6) is 0 Å². The number of anilines is 3. The average molecular weight is 373 g/mol. The summed E-state index contributed by atoms with van der Waals surface area (Å²) >= 11 is 12.1. The molecule has 5 nitrogen and oxygen atoms in total. The Morgan fingerprint density at radius 2 is 1.64 bits per heavy atom. The number of nitrogens with one attached hydrogen (secondary N) is 2. The molecule has 0 bridgehead atoms. The van der Waals surface area contributed by atoms with E-state index in [2.05, 4.69) is 20.6 Å². The number of nitrogens with zero attached hydrogens (tertiary/aromatic N) is 2. The molecular formula is C18H14Cl2N4O. The molecule has 3 aromatic rings. The summed E-state index contributed by atoms with van der Waals surface area (Å²) in [5.41, 5.74) is 2.67. The fourth-order valence-electron chi connectivity index (χ4n) is 2.14. The van der Waals surface area contributed by atoms with Gasteiger partial charge in [0.15, 0.2) is 0 Å². The molecule has 25 heavy (non-hydrogen) atoms. The maximum absolute atomic E-state index is 12.3. The van der Waals surface area contributed by atoms with Crippen molar-refractivity contribution in [2.45, 2.75) is 6.92 Å². The fourth-order valence-corrected chi connectivity index (χ4v) is 2.49. The monoisotopic (exact) mass is 372 g/mol. The second-order valence-electron chi connectivity index (χ2n) is 5.29. The topological polar surface area (TPSA) is 66.9 Å². The van der Waals surface area contributed by atoms with Gasteiger partial charge in [-0.05, 0) is 30.7 Å². The number of aromatic nitrogens is 2. The molecule has 0 saturated heterocycles. The lowest BCUT2D eigenvalue weighted by molar-refractivity contribution is 0.102. The van der Waals surface area contributed by atoms with Crippen molar-refractivity contribution in [3.8, 4) is 0 Å². The second-order valence-corrected chi connectivity index (χ2v) is 6.08. The van der Waals surface area contributed by atoms with Crippen LogP contribution in [0, 0.1) is 6.92 Å². The van der Waals surface area contributed by atoms with Crippen LogP contribution in [0.4, 0.5) is 17.3 Å². The van der Waals surface area contributed by atoms with Crippen LogP contribution in [-0.2, 0) is 0 Å². The van der Waals surface area contributed by atoms with Gasteiger partial charge in [-0.15, -0.1) is 0 Å². The van der Waals surface area contributed by atoms with Crippen LogP contribution >= 0.6 is 23.2 Å². The van der Waals surface area contributed by atoms with E-state index in [1.807, 2.05) is 31.2 Å². The van der Waals surface area contributed by atoms with Gasteiger partial charge in [-0.3, -0.25) is 4.79 Å². The summed E-state index contributed by atoms with van der Waals surface area (Å²) in [6.07, 6.45) is 2.89. The first-order valence-electron chi connectivity index (χ1n) is 7.44. The Hall–Kier alpha value is -2.63. The average Bonchev–Trinajstić information content (AvgIpc) is 2.61. The molecule has 1 heterocycles. The van der Waals surface area contributed by atoms with Crippen molar-refractivity contribution in [1.29, 1.82) is 0 Å². The number of hydrogen-bond acceptors (Lipinski definition) is 4. The highest BCUT2D eigenvalue weighted by Gasteiger charge is 2.10. The molecule has 126 valence electrons. The first kappa shape index (κ1) is 17.2. The van der Waals surface area contributed by atoms with Crippen LogP contribution in [0.15, 0.2) is 54.9 Å². The molecule has 0 fully saturated rings. The van der Waals surface area contributed by atoms with Crippen LogP contribution in [0.1, 0.15) is 15.9 Å². The maximum Gasteiger partial charge on any atom is 0.258 e. The molecular weight excluding hydrogens is 359 g/mol. The lowest BCUT2D eigenvalue weighted by Gasteiger charge is -2.09. The van der Waals surface area contributed by atoms with E-state index >= 15 is 0 Å². The van der Waals surface area contributed by atoms with E-state index in [1.165, 1.54) is 12.4 Å². The molecule has 0 atom stereocenters. The summed E-state index contributed by atoms with van der Waals surface area (Å²) in [4.78, 5) is 20.6. The third-order valence-corrected chi connectivity index (χ3v) is 4.32. The van der Waals surface area contributed by atoms with Crippen molar-refractivity contribution in [3.05, 3.63) is 76.0 Å². The van der Waals surface area contributed by atoms with E-state index < -0.39 is 0 Å². The Morgan fingerprint density at radius 3 is 2.36 bits per heavy atom. The van der Waals surface area contributed by atoms with Gasteiger partial charge in [0.2, 0.25) is 5.95 Å². The van der Waals surface area contributed by atoms with E-state index in [4.69, 9.17) is 23.2 Å². The quantitative estimate of drug-likeness (QED) is 0.669. The molecule has 1 aromatic heterocycles. The molecule has 0 spiro atoms. The van der Waals surface area contributed by atoms with Crippen molar-refractivity contribution in [2.24, 2.45) is 0 Å². The SMILES string of the molecule is Cc1ccccc1NC(=O)c1cnc(Nc2cccc(Cl)c2Cl)nc1. The van der Waals surface area contributed by atoms with Gasteiger partial charge in [0.25, 0.3) is 5.91 Å². The minimum absolute atomic E-state index is 0.276. The molecule has 0 aliphatic carbocycles. The number of para-hydroxylation sites is 1. The molecule has 2 N–H and O–H groups in total. The highest BCUT2D eigenvalue weighted by atomic mass is 35.5. The van der Waals surface area contributed by atoms with Crippen molar-refractivity contribution in [3.63, 3.8) is 0 Å². The summed E-state index contributed by atoms with van der Waals surface area (Å²) in [6, 6.07) is 12.8. The van der Waals surface area contributed by atoms with Crippen molar-refractivity contribution in [1.82, 2.24) is 9.97 Å². The van der Waals surface area contributed by atoms with Gasteiger partial charge in [0, 0.05) is 18.1 Å². The van der Waals surface area contributed by atoms with Crippen LogP contribution in [-0.4, -0.2) is 15.9 Å². The third-order valence-electron chi connectivity index (χ3n) is 3.51. The number of carbonyl (C=O) groups excluding carboxylic acids is 1. The van der Waals surface area contributed by atoms with E-state index in [9.17, 15) is 4.79 Å². The van der Waals surface area contributed by atoms with Gasteiger partial charge < -0.3 is 10.6 Å². The standard InChI is InChI=1S/C18H14Cl2N4O/c1-11-5-2-3-7-14(11)23-17(25)12-9-21-18(22-10-12)24-15-8-4-6-13(19)16(15)20/h2-10H,1H3,(H,23,25)(H,21,22,24). The van der Waals surface area contributed by atoms with Crippen LogP contribution in [0.25, 0.3) is 0 Å². The highest BCUT2D eigenvalue weighted by molar-refractivity contribution is 6.43. The Kier molecular flexibility index (Phi) is 5.16. The number of carbonyl (C=O) groups is 1. The smallest absolute Gasteiger partial charge is 0.258 e. The van der Waals surface area contributed by atoms with Gasteiger partial charge in [0.05, 0.1) is 21.3 Å². The van der Waals surface area contributed by atoms with Crippen molar-refractivity contribution >= 4 is 46.4 Å². The number of aryl methyl sites for hydroxylation is 1. The first-order valence-corrected chi connectivity index (χ1v) is 8.20. The maximum atomic E-state index is 12.3. The van der Waals surface area contributed by atoms with Gasteiger partial charge >= 0.3 is 0 Å². The molecule has 1 amide bonds. The molecule has 0 unspecified atom stereocenters. The lowest BCUT2D eigenvalue weighted by atomic mass is 10.2. The van der Waals surface area contributed by atoms with Gasteiger partial charge in [0.1, 0.15) is 0 Å². The van der Waals surface area contributed by atoms with Gasteiger partial charge in [-0.25, -0.2) is 9.97 Å². The van der Waals surface area contributed by atoms with Crippen LogP contribution < -0.4 is 10.6 Å². The zero-order chi connectivity index (χ0) is 17.8. The van der Waals surface area contributed by atoms with E-state index in [1.54, 1.807) is 18.2 Å².